The van der Waals surface area contributed by atoms with Crippen LogP contribution in [-0.4, -0.2) is 40.9 Å². The number of amides is 2. The Kier molecular flexibility index (Phi) is 5.75. The highest BCUT2D eigenvalue weighted by atomic mass is 16.4. The van der Waals surface area contributed by atoms with Crippen LogP contribution in [-0.2, 0) is 16.1 Å². The third kappa shape index (κ3) is 3.98. The number of piperidine rings is 1. The lowest BCUT2D eigenvalue weighted by atomic mass is 9.95. The minimum absolute atomic E-state index is 0.00830. The first-order valence-corrected chi connectivity index (χ1v) is 9.24. The summed E-state index contributed by atoms with van der Waals surface area (Å²) in [5.74, 6) is -0.346. The number of carbonyl (C=O) groups is 2. The van der Waals surface area contributed by atoms with Crippen LogP contribution in [0.5, 0.6) is 0 Å². The molecule has 1 aliphatic heterocycles. The predicted octanol–water partition coefficient (Wildman–Crippen LogP) is 1.75. The second-order valence-electron chi connectivity index (χ2n) is 6.68. The molecule has 0 bridgehead atoms. The number of nitrogens with one attached hydrogen (secondary N) is 1. The molecule has 0 saturated carbocycles. The van der Waals surface area contributed by atoms with Gasteiger partial charge in [0.25, 0.3) is 0 Å². The zero-order valence-corrected chi connectivity index (χ0v) is 15.1. The van der Waals surface area contributed by atoms with E-state index in [4.69, 9.17) is 4.42 Å². The maximum Gasteiger partial charge on any atom is 0.419 e. The van der Waals surface area contributed by atoms with Gasteiger partial charge in [-0.05, 0) is 31.4 Å². The molecule has 2 amide bonds. The normalized spacial score (nSPS) is 15.3. The van der Waals surface area contributed by atoms with Gasteiger partial charge in [0.05, 0.1) is 5.52 Å². The Hall–Kier alpha value is -2.57. The number of benzene rings is 1. The highest BCUT2D eigenvalue weighted by Crippen LogP contribution is 2.18. The summed E-state index contributed by atoms with van der Waals surface area (Å²) in [7, 11) is 0. The Morgan fingerprint density at radius 2 is 1.96 bits per heavy atom. The highest BCUT2D eigenvalue weighted by molar-refractivity contribution is 5.80. The quantitative estimate of drug-likeness (QED) is 0.852. The van der Waals surface area contributed by atoms with Crippen molar-refractivity contribution in [3.63, 3.8) is 0 Å². The van der Waals surface area contributed by atoms with Crippen molar-refractivity contribution in [3.8, 4) is 0 Å². The largest absolute Gasteiger partial charge is 0.419 e. The van der Waals surface area contributed by atoms with Gasteiger partial charge in [0.15, 0.2) is 5.58 Å². The summed E-state index contributed by atoms with van der Waals surface area (Å²) in [5, 5.41) is 2.92. The number of oxazole rings is 1. The molecule has 2 heterocycles. The molecule has 1 fully saturated rings. The zero-order valence-electron chi connectivity index (χ0n) is 15.1. The molecule has 0 aliphatic carbocycles. The lowest BCUT2D eigenvalue weighted by Crippen LogP contribution is -2.43. The topological polar surface area (TPSA) is 84.5 Å². The summed E-state index contributed by atoms with van der Waals surface area (Å²) in [5.41, 5.74) is 1.24. The fourth-order valence-electron chi connectivity index (χ4n) is 3.37. The maximum absolute atomic E-state index is 12.5. The van der Waals surface area contributed by atoms with E-state index in [1.807, 2.05) is 25.1 Å². The van der Waals surface area contributed by atoms with Gasteiger partial charge < -0.3 is 14.6 Å². The van der Waals surface area contributed by atoms with Gasteiger partial charge in [0.2, 0.25) is 11.8 Å². The molecular weight excluding hydrogens is 334 g/mol. The van der Waals surface area contributed by atoms with Crippen molar-refractivity contribution in [1.29, 1.82) is 0 Å². The number of likely N-dealkylation sites (tertiary alicyclic amines) is 1. The van der Waals surface area contributed by atoms with Crippen LogP contribution in [0.2, 0.25) is 0 Å². The Morgan fingerprint density at radius 1 is 1.23 bits per heavy atom. The van der Waals surface area contributed by atoms with Crippen LogP contribution in [0.25, 0.3) is 11.1 Å². The van der Waals surface area contributed by atoms with Crippen LogP contribution < -0.4 is 11.1 Å². The third-order valence-corrected chi connectivity index (χ3v) is 4.89. The first-order valence-electron chi connectivity index (χ1n) is 9.24. The van der Waals surface area contributed by atoms with Crippen molar-refractivity contribution in [2.24, 2.45) is 5.92 Å². The van der Waals surface area contributed by atoms with E-state index in [0.29, 0.717) is 50.1 Å². The lowest BCUT2D eigenvalue weighted by molar-refractivity contribution is -0.135. The van der Waals surface area contributed by atoms with Crippen LogP contribution in [0, 0.1) is 5.92 Å². The number of hydrogen-bond donors (Lipinski definition) is 1. The summed E-state index contributed by atoms with van der Waals surface area (Å²) in [6, 6.07) is 7.19. The second kappa shape index (κ2) is 8.21. The lowest BCUT2D eigenvalue weighted by Gasteiger charge is -2.31. The van der Waals surface area contributed by atoms with Crippen molar-refractivity contribution >= 4 is 22.9 Å². The van der Waals surface area contributed by atoms with E-state index >= 15 is 0 Å². The molecule has 7 nitrogen and oxygen atoms in total. The van der Waals surface area contributed by atoms with Crippen LogP contribution in [0.4, 0.5) is 0 Å². The number of rotatable bonds is 6. The molecule has 1 aromatic heterocycles. The molecular formula is C19H25N3O4. The van der Waals surface area contributed by atoms with E-state index in [-0.39, 0.29) is 24.2 Å². The van der Waals surface area contributed by atoms with Gasteiger partial charge in [-0.1, -0.05) is 19.1 Å². The molecule has 140 valence electrons. The standard InChI is InChI=1S/C19H25N3O4/c1-2-10-20-18(24)14-7-11-21(12-8-14)17(23)9-13-22-15-5-3-4-6-16(15)26-19(22)25/h3-6,14H,2,7-13H2,1H3,(H,20,24). The SMILES string of the molecule is CCCNC(=O)C1CCN(C(=O)CCn2c(=O)oc3ccccc32)CC1. The maximum atomic E-state index is 12.5. The Bertz CT molecular complexity index is 831. The van der Waals surface area contributed by atoms with Crippen molar-refractivity contribution in [2.75, 3.05) is 19.6 Å². The minimum atomic E-state index is -0.440. The number of aromatic nitrogens is 1. The monoisotopic (exact) mass is 359 g/mol. The Labute approximate surface area is 152 Å². The number of fused-ring (bicyclic) bond motifs is 1. The van der Waals surface area contributed by atoms with Gasteiger partial charge in [-0.2, -0.15) is 0 Å². The van der Waals surface area contributed by atoms with Gasteiger partial charge in [-0.3, -0.25) is 14.2 Å². The molecule has 0 spiro atoms. The average Bonchev–Trinajstić information content (AvgIpc) is 2.99. The number of aryl methyl sites for hydroxylation is 1. The van der Waals surface area contributed by atoms with Crippen LogP contribution in [0.15, 0.2) is 33.5 Å². The molecule has 0 radical (unpaired) electrons. The van der Waals surface area contributed by atoms with Crippen molar-refractivity contribution in [2.45, 2.75) is 39.2 Å². The molecule has 0 unspecified atom stereocenters. The zero-order chi connectivity index (χ0) is 18.5. The van der Waals surface area contributed by atoms with E-state index in [1.54, 1.807) is 11.0 Å². The summed E-state index contributed by atoms with van der Waals surface area (Å²) in [6.07, 6.45) is 2.55. The molecule has 2 aromatic rings. The first kappa shape index (κ1) is 18.2. The number of nitrogens with zero attached hydrogens (tertiary/aromatic N) is 2. The van der Waals surface area contributed by atoms with Gasteiger partial charge in [-0.25, -0.2) is 4.79 Å². The van der Waals surface area contributed by atoms with Gasteiger partial charge in [0, 0.05) is 38.5 Å². The summed E-state index contributed by atoms with van der Waals surface area (Å²) < 4.78 is 6.69. The Balaban J connectivity index is 1.52. The third-order valence-electron chi connectivity index (χ3n) is 4.89. The van der Waals surface area contributed by atoms with Crippen LogP contribution in [0.1, 0.15) is 32.6 Å². The summed E-state index contributed by atoms with van der Waals surface area (Å²) in [6.45, 7) is 4.20. The van der Waals surface area contributed by atoms with E-state index in [9.17, 15) is 14.4 Å². The van der Waals surface area contributed by atoms with Gasteiger partial charge >= 0.3 is 5.76 Å². The fraction of sp³-hybridized carbons (Fsp3) is 0.526. The molecule has 7 heteroatoms. The molecule has 1 saturated heterocycles. The van der Waals surface area contributed by atoms with Crippen molar-refractivity contribution in [1.82, 2.24) is 14.8 Å². The average molecular weight is 359 g/mol. The van der Waals surface area contributed by atoms with Crippen LogP contribution in [0.3, 0.4) is 0 Å². The molecule has 3 rings (SSSR count). The number of carbonyl (C=O) groups excluding carboxylic acids is 2. The number of para-hydroxylation sites is 2. The summed E-state index contributed by atoms with van der Waals surface area (Å²) in [4.78, 5) is 38.2. The van der Waals surface area contributed by atoms with Gasteiger partial charge in [0.1, 0.15) is 0 Å². The molecule has 1 aromatic carbocycles. The minimum Gasteiger partial charge on any atom is -0.408 e. The molecule has 1 aliphatic rings. The van der Waals surface area contributed by atoms with Crippen molar-refractivity contribution in [3.05, 3.63) is 34.8 Å². The number of hydrogen-bond acceptors (Lipinski definition) is 4. The first-order chi connectivity index (χ1) is 12.6. The highest BCUT2D eigenvalue weighted by Gasteiger charge is 2.27. The van der Waals surface area contributed by atoms with E-state index in [1.165, 1.54) is 4.57 Å². The van der Waals surface area contributed by atoms with Crippen molar-refractivity contribution < 1.29 is 14.0 Å². The fourth-order valence-corrected chi connectivity index (χ4v) is 3.37. The van der Waals surface area contributed by atoms with E-state index < -0.39 is 5.76 Å². The van der Waals surface area contributed by atoms with E-state index in [0.717, 1.165) is 6.42 Å². The van der Waals surface area contributed by atoms with Gasteiger partial charge in [-0.15, -0.1) is 0 Å². The smallest absolute Gasteiger partial charge is 0.408 e. The molecule has 0 atom stereocenters. The molecule has 26 heavy (non-hydrogen) atoms. The molecule has 1 N–H and O–H groups in total. The summed E-state index contributed by atoms with van der Waals surface area (Å²) >= 11 is 0. The predicted molar refractivity (Wildman–Crippen MR) is 97.7 cm³/mol. The second-order valence-corrected chi connectivity index (χ2v) is 6.68. The Morgan fingerprint density at radius 3 is 2.69 bits per heavy atom. The van der Waals surface area contributed by atoms with E-state index in [2.05, 4.69) is 5.32 Å². The van der Waals surface area contributed by atoms with Crippen LogP contribution >= 0.6 is 0 Å².